The van der Waals surface area contributed by atoms with E-state index < -0.39 is 18.4 Å². The van der Waals surface area contributed by atoms with Crippen molar-refractivity contribution in [2.24, 2.45) is 0 Å². The van der Waals surface area contributed by atoms with Gasteiger partial charge in [-0.15, -0.1) is 0 Å². The molecule has 3 rings (SSSR count). The van der Waals surface area contributed by atoms with Crippen LogP contribution in [0.3, 0.4) is 0 Å². The van der Waals surface area contributed by atoms with Gasteiger partial charge in [-0.05, 0) is 0 Å². The third kappa shape index (κ3) is 7.29. The van der Waals surface area contributed by atoms with Gasteiger partial charge >= 0.3 is 223 Å². The van der Waals surface area contributed by atoms with E-state index in [1.54, 1.807) is 17.1 Å². The summed E-state index contributed by atoms with van der Waals surface area (Å²) in [6.45, 7) is 7.08. The van der Waals surface area contributed by atoms with E-state index in [0.717, 1.165) is 11.5 Å². The van der Waals surface area contributed by atoms with Crippen LogP contribution in [0.2, 0.25) is 13.3 Å². The van der Waals surface area contributed by atoms with E-state index in [4.69, 9.17) is 9.47 Å². The molecule has 0 bridgehead atoms. The molecule has 0 radical (unpaired) electrons. The van der Waals surface area contributed by atoms with Crippen LogP contribution in [0.25, 0.3) is 0 Å². The number of ether oxygens (including phenoxy) is 2. The number of unbranched alkanes of at least 4 members (excludes halogenated alkanes) is 3. The monoisotopic (exact) mass is 600 g/mol. The first kappa shape index (κ1) is 28.1. The zero-order valence-electron chi connectivity index (χ0n) is 22.4. The van der Waals surface area contributed by atoms with Crippen molar-refractivity contribution in [1.29, 1.82) is 0 Å². The molecular formula is C31H44O2SSn. The molecule has 4 heteroatoms. The maximum atomic E-state index is 5.45. The van der Waals surface area contributed by atoms with E-state index >= 15 is 0 Å². The summed E-state index contributed by atoms with van der Waals surface area (Å²) in [6.07, 6.45) is 8.14. The van der Waals surface area contributed by atoms with Crippen molar-refractivity contribution in [3.05, 3.63) is 76.7 Å². The summed E-state index contributed by atoms with van der Waals surface area (Å²) in [4.78, 5) is 1.47. The van der Waals surface area contributed by atoms with Gasteiger partial charge in [0.1, 0.15) is 0 Å². The molecule has 0 N–H and O–H groups in total. The Morgan fingerprint density at radius 3 is 1.43 bits per heavy atom. The zero-order valence-corrected chi connectivity index (χ0v) is 26.1. The van der Waals surface area contributed by atoms with Crippen molar-refractivity contribution in [2.45, 2.75) is 78.5 Å². The van der Waals surface area contributed by atoms with Gasteiger partial charge in [-0.1, -0.05) is 0 Å². The molecule has 0 aliphatic rings. The Morgan fingerprint density at radius 1 is 0.629 bits per heavy atom. The Hall–Kier alpha value is -1.46. The molecule has 1 aromatic heterocycles. The van der Waals surface area contributed by atoms with Crippen LogP contribution >= 0.6 is 11.3 Å². The van der Waals surface area contributed by atoms with Gasteiger partial charge in [0.05, 0.1) is 0 Å². The molecule has 0 saturated carbocycles. The maximum absolute atomic E-state index is 5.45. The second kappa shape index (κ2) is 14.3. The van der Waals surface area contributed by atoms with Crippen molar-refractivity contribution < 1.29 is 9.47 Å². The van der Waals surface area contributed by atoms with E-state index in [1.807, 2.05) is 0 Å². The second-order valence-corrected chi connectivity index (χ2v) is 25.0. The fraction of sp³-hybridized carbons (Fsp3) is 0.484. The number of thiophene rings is 1. The van der Waals surface area contributed by atoms with Crippen LogP contribution in [0.15, 0.2) is 60.7 Å². The summed E-state index contributed by atoms with van der Waals surface area (Å²) >= 11 is -0.308. The summed E-state index contributed by atoms with van der Waals surface area (Å²) in [5.74, 6) is 2.05. The Labute approximate surface area is 222 Å². The average Bonchev–Trinajstić information content (AvgIpc) is 3.40. The van der Waals surface area contributed by atoms with Crippen LogP contribution in [0.4, 0.5) is 0 Å². The van der Waals surface area contributed by atoms with E-state index in [0.29, 0.717) is 0 Å². The minimum absolute atomic E-state index is 0.234. The fourth-order valence-corrected chi connectivity index (χ4v) is 25.6. The molecule has 2 nitrogen and oxygen atoms in total. The third-order valence-corrected chi connectivity index (χ3v) is 26.8. The SMILES string of the molecule is CCC[CH2][Sn]([CH2]CCC)([CH2]CCC)[c]1ccc(C(c2ccc(OC)cc2)c2ccc(OC)cc2)s1. The number of hydrogen-bond acceptors (Lipinski definition) is 3. The zero-order chi connectivity index (χ0) is 25.1. The molecule has 0 amide bonds. The molecule has 190 valence electrons. The van der Waals surface area contributed by atoms with Crippen LogP contribution in [0.5, 0.6) is 11.5 Å². The molecule has 0 aliphatic carbocycles. The Kier molecular flexibility index (Phi) is 11.5. The molecule has 0 spiro atoms. The third-order valence-electron chi connectivity index (χ3n) is 7.36. The summed E-state index contributed by atoms with van der Waals surface area (Å²) in [7, 11) is 3.47. The van der Waals surface area contributed by atoms with E-state index in [1.165, 1.54) is 67.8 Å². The predicted molar refractivity (Wildman–Crippen MR) is 156 cm³/mol. The topological polar surface area (TPSA) is 18.5 Å². The van der Waals surface area contributed by atoms with Crippen LogP contribution in [-0.4, -0.2) is 32.6 Å². The van der Waals surface area contributed by atoms with Gasteiger partial charge in [-0.3, -0.25) is 0 Å². The van der Waals surface area contributed by atoms with Gasteiger partial charge in [0.2, 0.25) is 0 Å². The normalized spacial score (nSPS) is 11.7. The Morgan fingerprint density at radius 2 is 1.06 bits per heavy atom. The van der Waals surface area contributed by atoms with Gasteiger partial charge in [0.25, 0.3) is 0 Å². The first-order valence-electron chi connectivity index (χ1n) is 13.5. The molecule has 0 unspecified atom stereocenters. The van der Waals surface area contributed by atoms with Crippen LogP contribution in [0.1, 0.15) is 81.2 Å². The molecule has 3 aromatic rings. The van der Waals surface area contributed by atoms with Crippen molar-refractivity contribution in [3.8, 4) is 11.5 Å². The first-order valence-corrected chi connectivity index (χ1v) is 21.8. The van der Waals surface area contributed by atoms with E-state index in [-0.39, 0.29) is 5.92 Å². The molecule has 35 heavy (non-hydrogen) atoms. The predicted octanol–water partition coefficient (Wildman–Crippen LogP) is 9.00. The number of rotatable bonds is 15. The Bertz CT molecular complexity index is 924. The van der Waals surface area contributed by atoms with Crippen LogP contribution in [-0.2, 0) is 0 Å². The number of hydrogen-bond donors (Lipinski definition) is 0. The van der Waals surface area contributed by atoms with Crippen LogP contribution < -0.4 is 12.4 Å². The van der Waals surface area contributed by atoms with E-state index in [9.17, 15) is 0 Å². The molecule has 0 saturated heterocycles. The van der Waals surface area contributed by atoms with Gasteiger partial charge in [0.15, 0.2) is 0 Å². The number of benzene rings is 2. The quantitative estimate of drug-likeness (QED) is 0.162. The van der Waals surface area contributed by atoms with Crippen LogP contribution in [0, 0.1) is 0 Å². The van der Waals surface area contributed by atoms with Gasteiger partial charge in [-0.2, -0.15) is 0 Å². The summed E-state index contributed by atoms with van der Waals surface area (Å²) < 4.78 is 17.2. The summed E-state index contributed by atoms with van der Waals surface area (Å²) in [6, 6.07) is 22.3. The molecular weight excluding hydrogens is 555 g/mol. The standard InChI is InChI=1S/C19H17O2S.3C4H9.Sn/c1-20-16-9-5-14(6-10-16)19(18-4-3-13-22-18)15-7-11-17(21-2)12-8-15;3*1-3-4-2;/h3-12,19H,1-2H3;3*1,3-4H2,2H3;. The van der Waals surface area contributed by atoms with Gasteiger partial charge in [0, 0.05) is 0 Å². The van der Waals surface area contributed by atoms with E-state index in [2.05, 4.69) is 92.8 Å². The second-order valence-electron chi connectivity index (χ2n) is 9.77. The van der Waals surface area contributed by atoms with Crippen molar-refractivity contribution in [3.63, 3.8) is 0 Å². The minimum atomic E-state index is -2.45. The first-order chi connectivity index (χ1) is 17.1. The molecule has 0 aliphatic heterocycles. The average molecular weight is 599 g/mol. The van der Waals surface area contributed by atoms with Gasteiger partial charge in [-0.25, -0.2) is 0 Å². The number of methoxy groups -OCH3 is 2. The van der Waals surface area contributed by atoms with Crippen molar-refractivity contribution in [1.82, 2.24) is 0 Å². The van der Waals surface area contributed by atoms with Crippen molar-refractivity contribution >= 4 is 32.6 Å². The summed E-state index contributed by atoms with van der Waals surface area (Å²) in [5.41, 5.74) is 2.64. The molecule has 2 aromatic carbocycles. The van der Waals surface area contributed by atoms with Crippen molar-refractivity contribution in [2.75, 3.05) is 14.2 Å². The molecule has 0 fully saturated rings. The molecule has 1 heterocycles. The fourth-order valence-electron chi connectivity index (χ4n) is 5.20. The van der Waals surface area contributed by atoms with Gasteiger partial charge < -0.3 is 0 Å². The molecule has 0 atom stereocenters. The Balaban J connectivity index is 2.06. The summed E-state index contributed by atoms with van der Waals surface area (Å²) in [5, 5.41) is 0.